The molecule has 0 aliphatic heterocycles. The predicted octanol–water partition coefficient (Wildman–Crippen LogP) is 2.88. The van der Waals surface area contributed by atoms with E-state index >= 15 is 0 Å². The molecule has 4 heteroatoms. The van der Waals surface area contributed by atoms with Crippen molar-refractivity contribution in [1.29, 1.82) is 5.26 Å². The van der Waals surface area contributed by atoms with Gasteiger partial charge < -0.3 is 9.94 Å². The molecule has 1 rings (SSSR count). The Balaban J connectivity index is 2.81. The predicted molar refractivity (Wildman–Crippen MR) is 65.5 cm³/mol. The van der Waals surface area contributed by atoms with Crippen molar-refractivity contribution in [1.82, 2.24) is 0 Å². The summed E-state index contributed by atoms with van der Waals surface area (Å²) < 4.78 is 5.60. The van der Waals surface area contributed by atoms with Crippen molar-refractivity contribution in [2.24, 2.45) is 5.16 Å². The molecule has 0 heterocycles. The van der Waals surface area contributed by atoms with Gasteiger partial charge in [0.15, 0.2) is 0 Å². The van der Waals surface area contributed by atoms with Gasteiger partial charge in [0.1, 0.15) is 5.75 Å². The van der Waals surface area contributed by atoms with Crippen LogP contribution >= 0.6 is 0 Å². The molecule has 0 radical (unpaired) electrons. The Labute approximate surface area is 101 Å². The Morgan fingerprint density at radius 2 is 2.29 bits per heavy atom. The van der Waals surface area contributed by atoms with Crippen molar-refractivity contribution in [2.75, 3.05) is 6.61 Å². The first-order valence-electron chi connectivity index (χ1n) is 5.48. The van der Waals surface area contributed by atoms with Gasteiger partial charge in [-0.05, 0) is 38.0 Å². The minimum Gasteiger partial charge on any atom is -0.493 e. The van der Waals surface area contributed by atoms with Gasteiger partial charge in [0.25, 0.3) is 0 Å². The molecule has 0 bridgehead atoms. The maximum absolute atomic E-state index is 8.78. The van der Waals surface area contributed by atoms with Gasteiger partial charge in [-0.1, -0.05) is 11.2 Å². The summed E-state index contributed by atoms with van der Waals surface area (Å²) in [4.78, 5) is 0. The maximum Gasteiger partial charge on any atom is 0.128 e. The smallest absolute Gasteiger partial charge is 0.128 e. The zero-order chi connectivity index (χ0) is 12.7. The molecule has 4 nitrogen and oxygen atoms in total. The number of ether oxygens (including phenoxy) is 1. The monoisotopic (exact) mass is 232 g/mol. The highest BCUT2D eigenvalue weighted by atomic mass is 16.5. The highest BCUT2D eigenvalue weighted by molar-refractivity contribution is 6.00. The zero-order valence-electron chi connectivity index (χ0n) is 10.1. The number of hydrogen-bond acceptors (Lipinski definition) is 4. The molecule has 1 aromatic rings. The van der Waals surface area contributed by atoms with Gasteiger partial charge in [-0.2, -0.15) is 5.26 Å². The quantitative estimate of drug-likeness (QED) is 0.367. The molecule has 0 saturated heterocycles. The van der Waals surface area contributed by atoms with E-state index in [-0.39, 0.29) is 0 Å². The number of nitriles is 1. The molecule has 0 aliphatic carbocycles. The molecule has 1 N–H and O–H groups in total. The third-order valence-electron chi connectivity index (χ3n) is 2.37. The molecule has 0 saturated carbocycles. The zero-order valence-corrected chi connectivity index (χ0v) is 10.1. The third-order valence-corrected chi connectivity index (χ3v) is 2.37. The summed E-state index contributed by atoms with van der Waals surface area (Å²) in [5.74, 6) is 0.693. The number of benzene rings is 1. The summed E-state index contributed by atoms with van der Waals surface area (Å²) in [6.45, 7) is 4.17. The Bertz CT molecular complexity index is 447. The molecule has 0 atom stereocenters. The van der Waals surface area contributed by atoms with Crippen LogP contribution in [0.3, 0.4) is 0 Å². The molecule has 0 spiro atoms. The SMILES string of the molecule is CC(=NO)c1ccc(C)cc1OCCCC#N. The van der Waals surface area contributed by atoms with Crippen LogP contribution in [-0.2, 0) is 0 Å². The minimum atomic E-state index is 0.480. The summed E-state index contributed by atoms with van der Waals surface area (Å²) >= 11 is 0. The van der Waals surface area contributed by atoms with Gasteiger partial charge in [-0.3, -0.25) is 0 Å². The van der Waals surface area contributed by atoms with E-state index < -0.39 is 0 Å². The molecule has 0 unspecified atom stereocenters. The summed E-state index contributed by atoms with van der Waals surface area (Å²) in [5.41, 5.74) is 2.37. The fraction of sp³-hybridized carbons (Fsp3) is 0.385. The van der Waals surface area contributed by atoms with Crippen molar-refractivity contribution in [2.45, 2.75) is 26.7 Å². The summed E-state index contributed by atoms with van der Waals surface area (Å²) in [5, 5.41) is 20.4. The Morgan fingerprint density at radius 1 is 1.53 bits per heavy atom. The third kappa shape index (κ3) is 3.80. The van der Waals surface area contributed by atoms with E-state index in [2.05, 4.69) is 11.2 Å². The number of hydrogen-bond donors (Lipinski definition) is 1. The van der Waals surface area contributed by atoms with Crippen molar-refractivity contribution >= 4 is 5.71 Å². The molecule has 17 heavy (non-hydrogen) atoms. The Kier molecular flexibility index (Phi) is 5.02. The van der Waals surface area contributed by atoms with Gasteiger partial charge in [0, 0.05) is 12.0 Å². The molecule has 0 fully saturated rings. The molecule has 0 amide bonds. The van der Waals surface area contributed by atoms with Crippen molar-refractivity contribution in [3.8, 4) is 11.8 Å². The van der Waals surface area contributed by atoms with Gasteiger partial charge in [-0.25, -0.2) is 0 Å². The van der Waals surface area contributed by atoms with E-state index in [1.54, 1.807) is 6.92 Å². The Morgan fingerprint density at radius 3 is 2.94 bits per heavy atom. The maximum atomic E-state index is 8.78. The molecule has 90 valence electrons. The molecular formula is C13H16N2O2. The summed E-state index contributed by atoms with van der Waals surface area (Å²) in [6, 6.07) is 7.77. The van der Waals surface area contributed by atoms with Crippen LogP contribution in [0, 0.1) is 18.3 Å². The van der Waals surface area contributed by atoms with Crippen LogP contribution < -0.4 is 4.74 Å². The molecule has 0 aliphatic rings. The first-order valence-corrected chi connectivity index (χ1v) is 5.48. The number of unbranched alkanes of at least 4 members (excludes halogenated alkanes) is 1. The topological polar surface area (TPSA) is 65.6 Å². The van der Waals surface area contributed by atoms with E-state index in [4.69, 9.17) is 15.2 Å². The van der Waals surface area contributed by atoms with Crippen LogP contribution in [0.25, 0.3) is 0 Å². The van der Waals surface area contributed by atoms with E-state index in [1.165, 1.54) is 0 Å². The lowest BCUT2D eigenvalue weighted by molar-refractivity contribution is 0.308. The van der Waals surface area contributed by atoms with Gasteiger partial charge in [-0.15, -0.1) is 0 Å². The van der Waals surface area contributed by atoms with Crippen molar-refractivity contribution in [3.05, 3.63) is 29.3 Å². The summed E-state index contributed by atoms with van der Waals surface area (Å²) in [7, 11) is 0. The Hall–Kier alpha value is -2.02. The van der Waals surface area contributed by atoms with Gasteiger partial charge in [0.05, 0.1) is 18.4 Å². The second-order valence-electron chi connectivity index (χ2n) is 3.80. The number of nitrogens with zero attached hydrogens (tertiary/aromatic N) is 2. The lowest BCUT2D eigenvalue weighted by Gasteiger charge is -2.11. The fourth-order valence-electron chi connectivity index (χ4n) is 1.44. The highest BCUT2D eigenvalue weighted by Crippen LogP contribution is 2.21. The lowest BCUT2D eigenvalue weighted by Crippen LogP contribution is -2.04. The van der Waals surface area contributed by atoms with Crippen LogP contribution in [0.5, 0.6) is 5.75 Å². The number of rotatable bonds is 5. The summed E-state index contributed by atoms with van der Waals surface area (Å²) in [6.07, 6.45) is 1.17. The lowest BCUT2D eigenvalue weighted by atomic mass is 10.1. The average Bonchev–Trinajstić information content (AvgIpc) is 2.34. The van der Waals surface area contributed by atoms with E-state index in [0.717, 1.165) is 11.1 Å². The van der Waals surface area contributed by atoms with E-state index in [1.807, 2.05) is 25.1 Å². The number of oxime groups is 1. The van der Waals surface area contributed by atoms with Crippen LogP contribution in [-0.4, -0.2) is 17.5 Å². The molecular weight excluding hydrogens is 216 g/mol. The van der Waals surface area contributed by atoms with Crippen LogP contribution in [0.15, 0.2) is 23.4 Å². The fourth-order valence-corrected chi connectivity index (χ4v) is 1.44. The van der Waals surface area contributed by atoms with E-state index in [0.29, 0.717) is 30.9 Å². The average molecular weight is 232 g/mol. The van der Waals surface area contributed by atoms with Crippen LogP contribution in [0.2, 0.25) is 0 Å². The van der Waals surface area contributed by atoms with E-state index in [9.17, 15) is 0 Å². The molecule has 1 aromatic carbocycles. The van der Waals surface area contributed by atoms with Gasteiger partial charge >= 0.3 is 0 Å². The second kappa shape index (κ2) is 6.54. The first-order chi connectivity index (χ1) is 8.19. The first kappa shape index (κ1) is 13.0. The second-order valence-corrected chi connectivity index (χ2v) is 3.80. The molecule has 0 aromatic heterocycles. The van der Waals surface area contributed by atoms with Crippen molar-refractivity contribution < 1.29 is 9.94 Å². The van der Waals surface area contributed by atoms with Crippen molar-refractivity contribution in [3.63, 3.8) is 0 Å². The highest BCUT2D eigenvalue weighted by Gasteiger charge is 2.07. The van der Waals surface area contributed by atoms with Crippen LogP contribution in [0.1, 0.15) is 30.9 Å². The van der Waals surface area contributed by atoms with Gasteiger partial charge in [0.2, 0.25) is 0 Å². The standard InChI is InChI=1S/C13H16N2O2/c1-10-5-6-12(11(2)15-16)13(9-10)17-8-4-3-7-14/h5-6,9,16H,3-4,8H2,1-2H3. The largest absolute Gasteiger partial charge is 0.493 e. The van der Waals surface area contributed by atoms with Crippen LogP contribution in [0.4, 0.5) is 0 Å². The minimum absolute atomic E-state index is 0.480. The number of aryl methyl sites for hydroxylation is 1. The normalized spacial score (nSPS) is 11.0.